The highest BCUT2D eigenvalue weighted by Crippen LogP contribution is 2.14. The summed E-state index contributed by atoms with van der Waals surface area (Å²) in [5.41, 5.74) is 15.0. The number of anilines is 2. The smallest absolute Gasteiger partial charge is 0.0163 e. The van der Waals surface area contributed by atoms with Crippen LogP contribution in [0.25, 0.3) is 0 Å². The zero-order valence-corrected chi connectivity index (χ0v) is 8.35. The molecule has 4 N–H and O–H groups in total. The normalized spacial score (nSPS) is 9.87. The molecule has 0 saturated carbocycles. The predicted molar refractivity (Wildman–Crippen MR) is 64.2 cm³/mol. The van der Waals surface area contributed by atoms with Crippen LogP contribution in [0.3, 0.4) is 0 Å². The molecule has 0 aliphatic carbocycles. The molecule has 2 nitrogen and oxygen atoms in total. The zero-order valence-electron chi connectivity index (χ0n) is 8.35. The van der Waals surface area contributed by atoms with Gasteiger partial charge in [0.25, 0.3) is 0 Å². The summed E-state index contributed by atoms with van der Waals surface area (Å²) in [5.74, 6) is 0. The summed E-state index contributed by atoms with van der Waals surface area (Å²) in [6.45, 7) is 0. The molecule has 2 heteroatoms. The lowest BCUT2D eigenvalue weighted by molar-refractivity contribution is 1.43. The highest BCUT2D eigenvalue weighted by Gasteiger charge is 1.89. The maximum atomic E-state index is 5.61. The fourth-order valence-corrected chi connectivity index (χ4v) is 1.38. The van der Waals surface area contributed by atoms with E-state index in [2.05, 4.69) is 6.42 Å². The van der Waals surface area contributed by atoms with Gasteiger partial charge in [0.05, 0.1) is 0 Å². The van der Waals surface area contributed by atoms with Gasteiger partial charge in [-0.25, -0.2) is 0 Å². The van der Waals surface area contributed by atoms with Crippen LogP contribution in [-0.2, 0) is 0 Å². The van der Waals surface area contributed by atoms with Gasteiger partial charge in [-0.2, -0.15) is 0 Å². The van der Waals surface area contributed by atoms with Crippen LogP contribution in [-0.4, -0.2) is 0 Å². The van der Waals surface area contributed by atoms with Gasteiger partial charge in [0, 0.05) is 11.4 Å². The van der Waals surface area contributed by atoms with Gasteiger partial charge in [0.2, 0.25) is 0 Å². The zero-order chi connectivity index (χ0) is 10.7. The summed E-state index contributed by atoms with van der Waals surface area (Å²) in [5, 5.41) is 0. The van der Waals surface area contributed by atoms with Crippen LogP contribution in [0, 0.1) is 6.42 Å². The van der Waals surface area contributed by atoms with Gasteiger partial charge >= 0.3 is 0 Å². The summed E-state index contributed by atoms with van der Waals surface area (Å²) in [6, 6.07) is 15.5. The average molecular weight is 197 g/mol. The first-order valence-corrected chi connectivity index (χ1v) is 4.80. The number of rotatable bonds is 2. The molecule has 0 unspecified atom stereocenters. The van der Waals surface area contributed by atoms with Crippen molar-refractivity contribution >= 4 is 11.4 Å². The molecule has 0 radical (unpaired) electrons. The van der Waals surface area contributed by atoms with E-state index in [-0.39, 0.29) is 0 Å². The first kappa shape index (κ1) is 9.46. The van der Waals surface area contributed by atoms with E-state index in [1.165, 1.54) is 0 Å². The second-order valence-electron chi connectivity index (χ2n) is 3.48. The number of hydrogen-bond donors (Lipinski definition) is 2. The van der Waals surface area contributed by atoms with E-state index in [1.54, 1.807) is 0 Å². The molecular weight excluding hydrogens is 184 g/mol. The lowest BCUT2D eigenvalue weighted by Crippen LogP contribution is -1.89. The standard InChI is InChI=1S/C13H13N2/c14-12-5-1-10(2-6-12)9-11-3-7-13(15)8-4-11/h1-9H,14-15H2/q-1. The Morgan fingerprint density at radius 3 is 1.27 bits per heavy atom. The number of hydrogen-bond acceptors (Lipinski definition) is 2. The maximum Gasteiger partial charge on any atom is 0.0163 e. The summed E-state index contributed by atoms with van der Waals surface area (Å²) >= 11 is 0. The van der Waals surface area contributed by atoms with Gasteiger partial charge in [0.15, 0.2) is 0 Å². The van der Waals surface area contributed by atoms with Crippen molar-refractivity contribution < 1.29 is 0 Å². The average Bonchev–Trinajstić information content (AvgIpc) is 2.25. The Balaban J connectivity index is 2.15. The lowest BCUT2D eigenvalue weighted by atomic mass is 10.0. The van der Waals surface area contributed by atoms with Crippen molar-refractivity contribution in [1.29, 1.82) is 0 Å². The molecule has 0 aliphatic rings. The summed E-state index contributed by atoms with van der Waals surface area (Å²) in [7, 11) is 0. The third kappa shape index (κ3) is 2.44. The van der Waals surface area contributed by atoms with E-state index >= 15 is 0 Å². The Labute approximate surface area is 89.5 Å². The van der Waals surface area contributed by atoms with Crippen molar-refractivity contribution in [2.24, 2.45) is 0 Å². The van der Waals surface area contributed by atoms with E-state index in [1.807, 2.05) is 48.5 Å². The second kappa shape index (κ2) is 3.96. The van der Waals surface area contributed by atoms with E-state index in [0.717, 1.165) is 22.5 Å². The van der Waals surface area contributed by atoms with E-state index in [9.17, 15) is 0 Å². The Kier molecular flexibility index (Phi) is 2.50. The molecular formula is C13H13N2-. The molecule has 0 aliphatic heterocycles. The molecule has 0 fully saturated rings. The highest BCUT2D eigenvalue weighted by atomic mass is 14.5. The molecule has 2 aromatic carbocycles. The van der Waals surface area contributed by atoms with Gasteiger partial charge in [0.1, 0.15) is 0 Å². The van der Waals surface area contributed by atoms with Crippen molar-refractivity contribution in [2.45, 2.75) is 0 Å². The monoisotopic (exact) mass is 197 g/mol. The van der Waals surface area contributed by atoms with Crippen molar-refractivity contribution in [2.75, 3.05) is 11.5 Å². The van der Waals surface area contributed by atoms with Crippen LogP contribution in [0.15, 0.2) is 48.5 Å². The topological polar surface area (TPSA) is 52.0 Å². The van der Waals surface area contributed by atoms with Gasteiger partial charge in [-0.15, -0.1) is 41.8 Å². The molecule has 0 heterocycles. The van der Waals surface area contributed by atoms with Crippen molar-refractivity contribution in [3.05, 3.63) is 66.1 Å². The van der Waals surface area contributed by atoms with Crippen LogP contribution in [0.2, 0.25) is 0 Å². The number of benzene rings is 2. The summed E-state index contributed by atoms with van der Waals surface area (Å²) < 4.78 is 0. The van der Waals surface area contributed by atoms with Crippen molar-refractivity contribution in [3.8, 4) is 0 Å². The summed E-state index contributed by atoms with van der Waals surface area (Å²) in [6.07, 6.45) is 2.08. The molecule has 0 saturated heterocycles. The minimum atomic E-state index is 0.782. The van der Waals surface area contributed by atoms with Crippen LogP contribution >= 0.6 is 0 Å². The molecule has 0 bridgehead atoms. The highest BCUT2D eigenvalue weighted by molar-refractivity contribution is 5.47. The predicted octanol–water partition coefficient (Wildman–Crippen LogP) is 2.45. The van der Waals surface area contributed by atoms with Gasteiger partial charge < -0.3 is 11.5 Å². The SMILES string of the molecule is Nc1ccc([CH-]c2ccc(N)cc2)cc1. The summed E-state index contributed by atoms with van der Waals surface area (Å²) in [4.78, 5) is 0. The molecule has 0 spiro atoms. The molecule has 15 heavy (non-hydrogen) atoms. The van der Waals surface area contributed by atoms with Crippen LogP contribution in [0.5, 0.6) is 0 Å². The molecule has 0 aromatic heterocycles. The third-order valence-electron chi connectivity index (χ3n) is 2.21. The molecule has 2 aromatic rings. The minimum absolute atomic E-state index is 0.782. The molecule has 0 amide bonds. The van der Waals surface area contributed by atoms with Crippen LogP contribution in [0.4, 0.5) is 11.4 Å². The lowest BCUT2D eigenvalue weighted by Gasteiger charge is -2.09. The largest absolute Gasteiger partial charge is 0.400 e. The van der Waals surface area contributed by atoms with Crippen LogP contribution in [0.1, 0.15) is 11.1 Å². The number of nitrogen functional groups attached to an aromatic ring is 2. The maximum absolute atomic E-state index is 5.61. The van der Waals surface area contributed by atoms with Crippen molar-refractivity contribution in [1.82, 2.24) is 0 Å². The van der Waals surface area contributed by atoms with E-state index < -0.39 is 0 Å². The Morgan fingerprint density at radius 2 is 0.933 bits per heavy atom. The van der Waals surface area contributed by atoms with Gasteiger partial charge in [-0.1, -0.05) is 24.3 Å². The van der Waals surface area contributed by atoms with Crippen molar-refractivity contribution in [3.63, 3.8) is 0 Å². The second-order valence-corrected chi connectivity index (χ2v) is 3.48. The Morgan fingerprint density at radius 1 is 0.600 bits per heavy atom. The first-order valence-electron chi connectivity index (χ1n) is 4.80. The fourth-order valence-electron chi connectivity index (χ4n) is 1.38. The quantitative estimate of drug-likeness (QED) is 0.574. The Bertz CT molecular complexity index is 386. The van der Waals surface area contributed by atoms with E-state index in [4.69, 9.17) is 11.5 Å². The third-order valence-corrected chi connectivity index (χ3v) is 2.21. The fraction of sp³-hybridized carbons (Fsp3) is 0. The van der Waals surface area contributed by atoms with Gasteiger partial charge in [-0.3, -0.25) is 0 Å². The minimum Gasteiger partial charge on any atom is -0.400 e. The molecule has 2 rings (SSSR count). The van der Waals surface area contributed by atoms with Crippen LogP contribution < -0.4 is 11.5 Å². The number of nitrogens with two attached hydrogens (primary N) is 2. The molecule has 0 atom stereocenters. The van der Waals surface area contributed by atoms with Gasteiger partial charge in [-0.05, 0) is 0 Å². The Hall–Kier alpha value is -2.09. The van der Waals surface area contributed by atoms with E-state index in [0.29, 0.717) is 0 Å². The molecule has 76 valence electrons. The first-order chi connectivity index (χ1) is 7.24.